The zero-order valence-corrected chi connectivity index (χ0v) is 17.4. The molecule has 2 heterocycles. The summed E-state index contributed by atoms with van der Waals surface area (Å²) < 4.78 is 13.7. The smallest absolute Gasteiger partial charge is 0.322 e. The van der Waals surface area contributed by atoms with Crippen LogP contribution in [0.3, 0.4) is 0 Å². The monoisotopic (exact) mass is 445 g/mol. The largest absolute Gasteiger partial charge is 0.352 e. The highest BCUT2D eigenvalue weighted by atomic mass is 35.5. The SMILES string of the molecule is O=C(Nc1ccccc1F)N1CCN(c2ccc(-c3ccc(Cl)cc3Cl)nn2)CC1. The molecule has 1 fully saturated rings. The Balaban J connectivity index is 1.37. The number of piperazine rings is 1. The normalized spacial score (nSPS) is 14.0. The average molecular weight is 446 g/mol. The number of nitrogens with zero attached hydrogens (tertiary/aromatic N) is 4. The second-order valence-corrected chi connectivity index (χ2v) is 7.63. The summed E-state index contributed by atoms with van der Waals surface area (Å²) in [6, 6.07) is 14.7. The minimum Gasteiger partial charge on any atom is -0.352 e. The van der Waals surface area contributed by atoms with Gasteiger partial charge in [-0.2, -0.15) is 0 Å². The first kappa shape index (κ1) is 20.4. The predicted molar refractivity (Wildman–Crippen MR) is 117 cm³/mol. The fourth-order valence-electron chi connectivity index (χ4n) is 3.23. The predicted octanol–water partition coefficient (Wildman–Crippen LogP) is 4.94. The van der Waals surface area contributed by atoms with Crippen LogP contribution in [0.2, 0.25) is 10.0 Å². The van der Waals surface area contributed by atoms with Crippen LogP contribution in [0.25, 0.3) is 11.3 Å². The lowest BCUT2D eigenvalue weighted by Crippen LogP contribution is -2.50. The maximum Gasteiger partial charge on any atom is 0.322 e. The van der Waals surface area contributed by atoms with Crippen molar-refractivity contribution in [1.82, 2.24) is 15.1 Å². The topological polar surface area (TPSA) is 61.4 Å². The fraction of sp³-hybridized carbons (Fsp3) is 0.190. The van der Waals surface area contributed by atoms with Crippen LogP contribution in [0.1, 0.15) is 0 Å². The molecule has 0 aliphatic carbocycles. The second kappa shape index (κ2) is 8.85. The Bertz CT molecular complexity index is 1060. The van der Waals surface area contributed by atoms with Crippen LogP contribution in [-0.4, -0.2) is 47.3 Å². The molecule has 0 atom stereocenters. The molecule has 1 saturated heterocycles. The number of hydrogen-bond acceptors (Lipinski definition) is 4. The lowest BCUT2D eigenvalue weighted by atomic mass is 10.1. The molecule has 1 aromatic heterocycles. The van der Waals surface area contributed by atoms with E-state index in [1.54, 1.807) is 35.2 Å². The van der Waals surface area contributed by atoms with Crippen LogP contribution in [0.15, 0.2) is 54.6 Å². The molecule has 0 unspecified atom stereocenters. The standard InChI is InChI=1S/C21H18Cl2FN5O/c22-14-5-6-15(16(23)13-14)18-7-8-20(27-26-18)28-9-11-29(12-10-28)21(30)25-19-4-2-1-3-17(19)24/h1-8,13H,9-12H2,(H,25,30). The van der Waals surface area contributed by atoms with E-state index >= 15 is 0 Å². The third kappa shape index (κ3) is 4.47. The van der Waals surface area contributed by atoms with Crippen molar-refractivity contribution in [1.29, 1.82) is 0 Å². The molecular weight excluding hydrogens is 428 g/mol. The number of carbonyl (C=O) groups excluding carboxylic acids is 1. The zero-order valence-electron chi connectivity index (χ0n) is 15.9. The van der Waals surface area contributed by atoms with Gasteiger partial charge in [0, 0.05) is 36.8 Å². The lowest BCUT2D eigenvalue weighted by Gasteiger charge is -2.35. The van der Waals surface area contributed by atoms with Gasteiger partial charge in [-0.3, -0.25) is 0 Å². The Kier molecular flexibility index (Phi) is 6.01. The molecule has 3 aromatic rings. The van der Waals surface area contributed by atoms with Gasteiger partial charge in [-0.05, 0) is 42.5 Å². The van der Waals surface area contributed by atoms with E-state index < -0.39 is 5.82 Å². The molecule has 2 aromatic carbocycles. The number of rotatable bonds is 3. The maximum atomic E-state index is 13.7. The number of halogens is 3. The first-order chi connectivity index (χ1) is 14.5. The minimum atomic E-state index is -0.458. The molecule has 2 amide bonds. The first-order valence-corrected chi connectivity index (χ1v) is 10.1. The second-order valence-electron chi connectivity index (χ2n) is 6.79. The van der Waals surface area contributed by atoms with Gasteiger partial charge in [0.15, 0.2) is 5.82 Å². The zero-order chi connectivity index (χ0) is 21.1. The molecule has 0 bridgehead atoms. The van der Waals surface area contributed by atoms with Gasteiger partial charge >= 0.3 is 6.03 Å². The van der Waals surface area contributed by atoms with Crippen LogP contribution in [0, 0.1) is 5.82 Å². The molecular formula is C21H18Cl2FN5O. The van der Waals surface area contributed by atoms with Gasteiger partial charge in [0.25, 0.3) is 0 Å². The molecule has 1 aliphatic rings. The van der Waals surface area contributed by atoms with Crippen LogP contribution in [0.4, 0.5) is 20.7 Å². The summed E-state index contributed by atoms with van der Waals surface area (Å²) in [5.41, 5.74) is 1.59. The van der Waals surface area contributed by atoms with E-state index in [9.17, 15) is 9.18 Å². The Morgan fingerprint density at radius 3 is 2.40 bits per heavy atom. The van der Waals surface area contributed by atoms with E-state index in [4.69, 9.17) is 23.2 Å². The highest BCUT2D eigenvalue weighted by Crippen LogP contribution is 2.29. The summed E-state index contributed by atoms with van der Waals surface area (Å²) in [5.74, 6) is 0.263. The van der Waals surface area contributed by atoms with Gasteiger partial charge in [-0.1, -0.05) is 35.3 Å². The third-order valence-corrected chi connectivity index (χ3v) is 5.41. The minimum absolute atomic E-state index is 0.173. The third-order valence-electron chi connectivity index (χ3n) is 4.86. The summed E-state index contributed by atoms with van der Waals surface area (Å²) >= 11 is 12.2. The summed E-state index contributed by atoms with van der Waals surface area (Å²) in [6.45, 7) is 2.18. The molecule has 4 rings (SSSR count). The average Bonchev–Trinajstić information content (AvgIpc) is 2.76. The number of benzene rings is 2. The summed E-state index contributed by atoms with van der Waals surface area (Å²) in [6.07, 6.45) is 0. The van der Waals surface area contributed by atoms with Gasteiger partial charge in [-0.25, -0.2) is 9.18 Å². The first-order valence-electron chi connectivity index (χ1n) is 9.36. The number of para-hydroxylation sites is 1. The van der Waals surface area contributed by atoms with Gasteiger partial charge < -0.3 is 15.1 Å². The van der Waals surface area contributed by atoms with Crippen molar-refractivity contribution in [3.8, 4) is 11.3 Å². The van der Waals surface area contributed by atoms with E-state index in [1.165, 1.54) is 12.1 Å². The fourth-order valence-corrected chi connectivity index (χ4v) is 3.74. The molecule has 30 heavy (non-hydrogen) atoms. The van der Waals surface area contributed by atoms with Gasteiger partial charge in [0.1, 0.15) is 5.82 Å². The molecule has 1 N–H and O–H groups in total. The maximum absolute atomic E-state index is 13.7. The molecule has 0 radical (unpaired) electrons. The molecule has 6 nitrogen and oxygen atoms in total. The number of amides is 2. The highest BCUT2D eigenvalue weighted by Gasteiger charge is 2.23. The summed E-state index contributed by atoms with van der Waals surface area (Å²) in [5, 5.41) is 12.3. The Hall–Kier alpha value is -2.90. The van der Waals surface area contributed by atoms with E-state index in [0.29, 0.717) is 41.9 Å². The van der Waals surface area contributed by atoms with Crippen molar-refractivity contribution < 1.29 is 9.18 Å². The van der Waals surface area contributed by atoms with Crippen LogP contribution >= 0.6 is 23.2 Å². The number of nitrogens with one attached hydrogen (secondary N) is 1. The van der Waals surface area contributed by atoms with Crippen molar-refractivity contribution >= 4 is 40.7 Å². The van der Waals surface area contributed by atoms with Crippen molar-refractivity contribution in [3.63, 3.8) is 0 Å². The summed E-state index contributed by atoms with van der Waals surface area (Å²) in [7, 11) is 0. The van der Waals surface area contributed by atoms with Gasteiger partial charge in [-0.15, -0.1) is 10.2 Å². The van der Waals surface area contributed by atoms with E-state index in [-0.39, 0.29) is 11.7 Å². The van der Waals surface area contributed by atoms with Crippen molar-refractivity contribution in [3.05, 3.63) is 70.5 Å². The Morgan fingerprint density at radius 2 is 1.73 bits per heavy atom. The van der Waals surface area contributed by atoms with Gasteiger partial charge in [0.2, 0.25) is 0 Å². The number of anilines is 2. The lowest BCUT2D eigenvalue weighted by molar-refractivity contribution is 0.208. The van der Waals surface area contributed by atoms with Crippen LogP contribution < -0.4 is 10.2 Å². The number of urea groups is 1. The molecule has 154 valence electrons. The number of aromatic nitrogens is 2. The molecule has 0 spiro atoms. The van der Waals surface area contributed by atoms with Crippen molar-refractivity contribution in [2.45, 2.75) is 0 Å². The van der Waals surface area contributed by atoms with Crippen LogP contribution in [0.5, 0.6) is 0 Å². The molecule has 1 aliphatic heterocycles. The van der Waals surface area contributed by atoms with Crippen LogP contribution in [-0.2, 0) is 0 Å². The van der Waals surface area contributed by atoms with E-state index in [1.807, 2.05) is 17.0 Å². The highest BCUT2D eigenvalue weighted by molar-refractivity contribution is 6.36. The van der Waals surface area contributed by atoms with Crippen molar-refractivity contribution in [2.75, 3.05) is 36.4 Å². The molecule has 0 saturated carbocycles. The van der Waals surface area contributed by atoms with Crippen molar-refractivity contribution in [2.24, 2.45) is 0 Å². The van der Waals surface area contributed by atoms with Gasteiger partial charge in [0.05, 0.1) is 16.4 Å². The summed E-state index contributed by atoms with van der Waals surface area (Å²) in [4.78, 5) is 16.1. The number of hydrogen-bond donors (Lipinski definition) is 1. The Morgan fingerprint density at radius 1 is 0.967 bits per heavy atom. The Labute approximate surface area is 183 Å². The van der Waals surface area contributed by atoms with E-state index in [2.05, 4.69) is 15.5 Å². The van der Waals surface area contributed by atoms with E-state index in [0.717, 1.165) is 11.4 Å². The molecule has 9 heteroatoms. The number of carbonyl (C=O) groups is 1. The quantitative estimate of drug-likeness (QED) is 0.619.